The minimum absolute atomic E-state index is 0.0140. The largest absolute Gasteiger partial charge is 0.496 e. The maximum absolute atomic E-state index is 12.7. The fourth-order valence-electron chi connectivity index (χ4n) is 3.86. The molecule has 7 nitrogen and oxygen atoms in total. The minimum Gasteiger partial charge on any atom is -0.496 e. The predicted molar refractivity (Wildman–Crippen MR) is 101 cm³/mol. The van der Waals surface area contributed by atoms with Crippen LogP contribution in [0, 0.1) is 6.92 Å². The summed E-state index contributed by atoms with van der Waals surface area (Å²) < 4.78 is 5.31. The lowest BCUT2D eigenvalue weighted by molar-refractivity contribution is -0.140. The Morgan fingerprint density at radius 1 is 1.30 bits per heavy atom. The molecule has 2 aliphatic rings. The van der Waals surface area contributed by atoms with Crippen molar-refractivity contribution in [2.24, 2.45) is 0 Å². The molecule has 1 aromatic carbocycles. The lowest BCUT2D eigenvalue weighted by Gasteiger charge is -2.37. The molecule has 2 amide bonds. The van der Waals surface area contributed by atoms with Crippen molar-refractivity contribution in [3.8, 4) is 5.75 Å². The van der Waals surface area contributed by atoms with Gasteiger partial charge in [-0.1, -0.05) is 12.1 Å². The van der Waals surface area contributed by atoms with Gasteiger partial charge in [0.2, 0.25) is 11.8 Å². The van der Waals surface area contributed by atoms with Crippen LogP contribution in [-0.4, -0.2) is 72.2 Å². The molecule has 3 rings (SSSR count). The van der Waals surface area contributed by atoms with E-state index in [2.05, 4.69) is 16.3 Å². The number of carbonyl (C=O) groups excluding carboxylic acids is 2. The van der Waals surface area contributed by atoms with Crippen LogP contribution < -0.4 is 10.1 Å². The Labute approximate surface area is 160 Å². The van der Waals surface area contributed by atoms with Gasteiger partial charge in [-0.3, -0.25) is 14.5 Å². The number of rotatable bonds is 5. The second kappa shape index (κ2) is 8.71. The third-order valence-electron chi connectivity index (χ3n) is 5.47. The van der Waals surface area contributed by atoms with Crippen LogP contribution in [0.3, 0.4) is 0 Å². The summed E-state index contributed by atoms with van der Waals surface area (Å²) in [5.41, 5.74) is 2.15. The zero-order valence-corrected chi connectivity index (χ0v) is 16.1. The van der Waals surface area contributed by atoms with Gasteiger partial charge >= 0.3 is 0 Å². The lowest BCUT2D eigenvalue weighted by Crippen LogP contribution is -2.56. The van der Waals surface area contributed by atoms with E-state index in [9.17, 15) is 14.7 Å². The summed E-state index contributed by atoms with van der Waals surface area (Å²) in [4.78, 5) is 29.0. The van der Waals surface area contributed by atoms with E-state index in [0.717, 1.165) is 16.9 Å². The number of likely N-dealkylation sites (tertiary alicyclic amines) is 1. The first-order valence-electron chi connectivity index (χ1n) is 9.59. The van der Waals surface area contributed by atoms with Crippen LogP contribution in [0.1, 0.15) is 30.4 Å². The molecule has 0 unspecified atom stereocenters. The number of nitrogens with zero attached hydrogens (tertiary/aromatic N) is 2. The second-order valence-electron chi connectivity index (χ2n) is 7.40. The number of piperidine rings is 1. The topological polar surface area (TPSA) is 82.1 Å². The molecule has 27 heavy (non-hydrogen) atoms. The molecule has 7 heteroatoms. The molecule has 2 saturated heterocycles. The molecule has 148 valence electrons. The van der Waals surface area contributed by atoms with Crippen LogP contribution in [-0.2, 0) is 16.1 Å². The molecule has 2 N–H and O–H groups in total. The molecular weight excluding hydrogens is 346 g/mol. The Morgan fingerprint density at radius 3 is 2.70 bits per heavy atom. The molecule has 0 bridgehead atoms. The van der Waals surface area contributed by atoms with E-state index >= 15 is 0 Å². The Balaban J connectivity index is 1.67. The molecule has 0 aliphatic carbocycles. The summed E-state index contributed by atoms with van der Waals surface area (Å²) in [6.07, 6.45) is 1.08. The van der Waals surface area contributed by atoms with Crippen molar-refractivity contribution in [3.05, 3.63) is 29.3 Å². The number of aliphatic hydroxyl groups excluding tert-OH is 1. The highest BCUT2D eigenvalue weighted by Gasteiger charge is 2.33. The van der Waals surface area contributed by atoms with Crippen molar-refractivity contribution in [1.29, 1.82) is 0 Å². The SMILES string of the molecule is COc1ccc(CN2CCNC(=O)[C@@H]2CC(=O)N2CCC(O)CC2)cc1C. The van der Waals surface area contributed by atoms with E-state index in [-0.39, 0.29) is 24.3 Å². The second-order valence-corrected chi connectivity index (χ2v) is 7.40. The molecule has 0 saturated carbocycles. The maximum atomic E-state index is 12.7. The first-order valence-corrected chi connectivity index (χ1v) is 9.59. The fourth-order valence-corrected chi connectivity index (χ4v) is 3.86. The summed E-state index contributed by atoms with van der Waals surface area (Å²) >= 11 is 0. The van der Waals surface area contributed by atoms with Gasteiger partial charge in [0.15, 0.2) is 0 Å². The molecule has 2 aliphatic heterocycles. The molecule has 2 heterocycles. The average molecular weight is 375 g/mol. The smallest absolute Gasteiger partial charge is 0.237 e. The van der Waals surface area contributed by atoms with Crippen molar-refractivity contribution in [2.75, 3.05) is 33.3 Å². The van der Waals surface area contributed by atoms with Gasteiger partial charge in [0.1, 0.15) is 5.75 Å². The van der Waals surface area contributed by atoms with Crippen LogP contribution in [0.15, 0.2) is 18.2 Å². The van der Waals surface area contributed by atoms with Gasteiger partial charge in [-0.05, 0) is 37.0 Å². The van der Waals surface area contributed by atoms with E-state index in [1.165, 1.54) is 0 Å². The van der Waals surface area contributed by atoms with E-state index in [0.29, 0.717) is 45.6 Å². The summed E-state index contributed by atoms with van der Waals surface area (Å²) in [7, 11) is 1.65. The Hall–Kier alpha value is -2.12. The number of carbonyl (C=O) groups is 2. The van der Waals surface area contributed by atoms with Gasteiger partial charge < -0.3 is 20.1 Å². The monoisotopic (exact) mass is 375 g/mol. The summed E-state index contributed by atoms with van der Waals surface area (Å²) in [6, 6.07) is 5.55. The van der Waals surface area contributed by atoms with Crippen LogP contribution in [0.4, 0.5) is 0 Å². The molecular formula is C20H29N3O4. The zero-order chi connectivity index (χ0) is 19.4. The van der Waals surface area contributed by atoms with Crippen molar-refractivity contribution < 1.29 is 19.4 Å². The molecule has 1 atom stereocenters. The quantitative estimate of drug-likeness (QED) is 0.791. The molecule has 2 fully saturated rings. The molecule has 0 radical (unpaired) electrons. The highest BCUT2D eigenvalue weighted by atomic mass is 16.5. The maximum Gasteiger partial charge on any atom is 0.237 e. The number of aryl methyl sites for hydroxylation is 1. The third kappa shape index (κ3) is 4.78. The normalized spacial score (nSPS) is 21.8. The van der Waals surface area contributed by atoms with Gasteiger partial charge in [0.05, 0.1) is 25.7 Å². The molecule has 0 aromatic heterocycles. The number of nitrogens with one attached hydrogen (secondary N) is 1. The number of methoxy groups -OCH3 is 1. The third-order valence-corrected chi connectivity index (χ3v) is 5.47. The molecule has 1 aromatic rings. The summed E-state index contributed by atoms with van der Waals surface area (Å²) in [6.45, 7) is 5.05. The predicted octanol–water partition coefficient (Wildman–Crippen LogP) is 0.677. The average Bonchev–Trinajstić information content (AvgIpc) is 2.65. The van der Waals surface area contributed by atoms with Gasteiger partial charge in [0.25, 0.3) is 0 Å². The number of hydrogen-bond donors (Lipinski definition) is 2. The van der Waals surface area contributed by atoms with Crippen LogP contribution >= 0.6 is 0 Å². The minimum atomic E-state index is -0.458. The first-order chi connectivity index (χ1) is 13.0. The van der Waals surface area contributed by atoms with E-state index in [1.54, 1.807) is 12.0 Å². The fraction of sp³-hybridized carbons (Fsp3) is 0.600. The Morgan fingerprint density at radius 2 is 2.04 bits per heavy atom. The van der Waals surface area contributed by atoms with Crippen molar-refractivity contribution in [3.63, 3.8) is 0 Å². The Kier molecular flexibility index (Phi) is 6.34. The zero-order valence-electron chi connectivity index (χ0n) is 16.1. The van der Waals surface area contributed by atoms with Crippen molar-refractivity contribution >= 4 is 11.8 Å². The molecule has 0 spiro atoms. The standard InChI is InChI=1S/C20H29N3O4/c1-14-11-15(3-4-18(14)27-2)13-23-10-7-21-20(26)17(23)12-19(25)22-8-5-16(24)6-9-22/h3-4,11,16-17,24H,5-10,12-13H2,1-2H3,(H,21,26)/t17-/m0/s1. The summed E-state index contributed by atoms with van der Waals surface area (Å²) in [5.74, 6) is 0.742. The number of ether oxygens (including phenoxy) is 1. The lowest BCUT2D eigenvalue weighted by atomic mass is 10.0. The van der Waals surface area contributed by atoms with E-state index in [1.807, 2.05) is 19.1 Å². The van der Waals surface area contributed by atoms with Crippen molar-refractivity contribution in [2.45, 2.75) is 44.9 Å². The first kappa shape index (κ1) is 19.6. The summed E-state index contributed by atoms with van der Waals surface area (Å²) in [5, 5.41) is 12.5. The van der Waals surface area contributed by atoms with Crippen molar-refractivity contribution in [1.82, 2.24) is 15.1 Å². The van der Waals surface area contributed by atoms with Gasteiger partial charge in [-0.2, -0.15) is 0 Å². The van der Waals surface area contributed by atoms with Crippen LogP contribution in [0.2, 0.25) is 0 Å². The highest BCUT2D eigenvalue weighted by Crippen LogP contribution is 2.22. The number of hydrogen-bond acceptors (Lipinski definition) is 5. The highest BCUT2D eigenvalue weighted by molar-refractivity contribution is 5.88. The van der Waals surface area contributed by atoms with Gasteiger partial charge in [-0.15, -0.1) is 0 Å². The van der Waals surface area contributed by atoms with E-state index < -0.39 is 6.04 Å². The Bertz CT molecular complexity index is 686. The van der Waals surface area contributed by atoms with Gasteiger partial charge in [-0.25, -0.2) is 0 Å². The number of aliphatic hydroxyl groups is 1. The number of amides is 2. The van der Waals surface area contributed by atoms with Crippen LogP contribution in [0.25, 0.3) is 0 Å². The van der Waals surface area contributed by atoms with E-state index in [4.69, 9.17) is 4.74 Å². The van der Waals surface area contributed by atoms with Gasteiger partial charge in [0, 0.05) is 32.7 Å². The number of piperazine rings is 1. The number of benzene rings is 1. The van der Waals surface area contributed by atoms with Crippen LogP contribution in [0.5, 0.6) is 5.75 Å².